The van der Waals surface area contributed by atoms with Gasteiger partial charge in [0.1, 0.15) is 0 Å². The van der Waals surface area contributed by atoms with Gasteiger partial charge in [-0.25, -0.2) is 0 Å². The summed E-state index contributed by atoms with van der Waals surface area (Å²) in [6.07, 6.45) is 8.58. The van der Waals surface area contributed by atoms with E-state index in [0.717, 1.165) is 12.1 Å². The molecule has 2 fully saturated rings. The fraction of sp³-hybridized carbons (Fsp3) is 1.00. The van der Waals surface area contributed by atoms with Crippen molar-refractivity contribution in [1.82, 2.24) is 9.80 Å². The molecule has 0 radical (unpaired) electrons. The average molecular weight is 224 g/mol. The van der Waals surface area contributed by atoms with E-state index in [1.807, 2.05) is 0 Å². The van der Waals surface area contributed by atoms with Crippen LogP contribution in [0.25, 0.3) is 0 Å². The van der Waals surface area contributed by atoms with Crippen LogP contribution < -0.4 is 0 Å². The number of likely N-dealkylation sites (tertiary alicyclic amines) is 1. The molecule has 0 aromatic rings. The normalized spacial score (nSPS) is 32.8. The van der Waals surface area contributed by atoms with E-state index in [9.17, 15) is 0 Å². The molecule has 16 heavy (non-hydrogen) atoms. The van der Waals surface area contributed by atoms with Crippen LogP contribution >= 0.6 is 0 Å². The number of likely N-dealkylation sites (N-methyl/N-ethyl adjacent to an activating group) is 1. The minimum atomic E-state index is 0.688. The highest BCUT2D eigenvalue weighted by Crippen LogP contribution is 2.29. The maximum atomic E-state index is 2.77. The minimum absolute atomic E-state index is 0.688. The summed E-state index contributed by atoms with van der Waals surface area (Å²) in [5.41, 5.74) is 0. The van der Waals surface area contributed by atoms with Crippen molar-refractivity contribution in [3.05, 3.63) is 0 Å². The summed E-state index contributed by atoms with van der Waals surface area (Å²) < 4.78 is 0. The van der Waals surface area contributed by atoms with E-state index in [1.165, 1.54) is 51.6 Å². The van der Waals surface area contributed by atoms with Gasteiger partial charge in [-0.15, -0.1) is 0 Å². The third-order valence-corrected chi connectivity index (χ3v) is 4.64. The van der Waals surface area contributed by atoms with Gasteiger partial charge in [0.25, 0.3) is 0 Å². The van der Waals surface area contributed by atoms with E-state index in [2.05, 4.69) is 30.7 Å². The minimum Gasteiger partial charge on any atom is -0.299 e. The predicted octanol–water partition coefficient (Wildman–Crippen LogP) is 2.73. The van der Waals surface area contributed by atoms with Crippen molar-refractivity contribution in [2.24, 2.45) is 0 Å². The standard InChI is InChI=1S/C14H28N2/c1-12(2)15(3)13-8-4-5-9-14(13)16-10-6-7-11-16/h12-14H,4-11H2,1-3H3/t13-,14-/m1/s1. The van der Waals surface area contributed by atoms with Crippen LogP contribution in [0.5, 0.6) is 0 Å². The molecule has 0 aromatic heterocycles. The molecule has 0 bridgehead atoms. The van der Waals surface area contributed by atoms with Crippen molar-refractivity contribution in [2.75, 3.05) is 20.1 Å². The van der Waals surface area contributed by atoms with Gasteiger partial charge in [-0.3, -0.25) is 9.80 Å². The summed E-state index contributed by atoms with van der Waals surface area (Å²) in [7, 11) is 2.32. The molecule has 0 unspecified atom stereocenters. The SMILES string of the molecule is CC(C)N(C)[C@@H]1CCCC[C@H]1N1CCCC1. The highest BCUT2D eigenvalue weighted by atomic mass is 15.3. The second-order valence-electron chi connectivity index (χ2n) is 5.92. The molecule has 0 N–H and O–H groups in total. The van der Waals surface area contributed by atoms with E-state index in [4.69, 9.17) is 0 Å². The largest absolute Gasteiger partial charge is 0.299 e. The van der Waals surface area contributed by atoms with Gasteiger partial charge in [-0.05, 0) is 59.7 Å². The molecule has 0 spiro atoms. The smallest absolute Gasteiger partial charge is 0.0251 e. The van der Waals surface area contributed by atoms with E-state index >= 15 is 0 Å². The molecule has 94 valence electrons. The summed E-state index contributed by atoms with van der Waals surface area (Å²) in [5.74, 6) is 0. The van der Waals surface area contributed by atoms with Crippen LogP contribution in [-0.2, 0) is 0 Å². The van der Waals surface area contributed by atoms with Gasteiger partial charge in [0.15, 0.2) is 0 Å². The van der Waals surface area contributed by atoms with E-state index < -0.39 is 0 Å². The van der Waals surface area contributed by atoms with Crippen molar-refractivity contribution in [3.63, 3.8) is 0 Å². The zero-order valence-electron chi connectivity index (χ0n) is 11.3. The summed E-state index contributed by atoms with van der Waals surface area (Å²) in [4.78, 5) is 5.38. The topological polar surface area (TPSA) is 6.48 Å². The molecule has 0 aromatic carbocycles. The van der Waals surface area contributed by atoms with Gasteiger partial charge in [-0.2, -0.15) is 0 Å². The first kappa shape index (κ1) is 12.4. The lowest BCUT2D eigenvalue weighted by Gasteiger charge is -2.44. The molecule has 2 rings (SSSR count). The molecule has 1 saturated carbocycles. The Morgan fingerprint density at radius 3 is 2.25 bits per heavy atom. The van der Waals surface area contributed by atoms with Crippen LogP contribution in [0.2, 0.25) is 0 Å². The zero-order chi connectivity index (χ0) is 11.5. The van der Waals surface area contributed by atoms with Crippen LogP contribution in [0.15, 0.2) is 0 Å². The molecule has 2 nitrogen and oxygen atoms in total. The van der Waals surface area contributed by atoms with E-state index in [1.54, 1.807) is 0 Å². The Kier molecular flexibility index (Phi) is 4.26. The van der Waals surface area contributed by atoms with Gasteiger partial charge in [0, 0.05) is 18.1 Å². The lowest BCUT2D eigenvalue weighted by molar-refractivity contribution is 0.0595. The highest BCUT2D eigenvalue weighted by Gasteiger charge is 2.34. The quantitative estimate of drug-likeness (QED) is 0.727. The Morgan fingerprint density at radius 2 is 1.62 bits per heavy atom. The first-order valence-corrected chi connectivity index (χ1v) is 7.16. The van der Waals surface area contributed by atoms with Gasteiger partial charge in [0.05, 0.1) is 0 Å². The third-order valence-electron chi connectivity index (χ3n) is 4.64. The summed E-state index contributed by atoms with van der Waals surface area (Å²) >= 11 is 0. The highest BCUT2D eigenvalue weighted by molar-refractivity contribution is 4.91. The summed E-state index contributed by atoms with van der Waals surface area (Å²) in [5, 5.41) is 0. The Balaban J connectivity index is 2.01. The third kappa shape index (κ3) is 2.60. The van der Waals surface area contributed by atoms with Gasteiger partial charge in [-0.1, -0.05) is 12.8 Å². The Labute approximate surface area is 101 Å². The van der Waals surface area contributed by atoms with Gasteiger partial charge >= 0.3 is 0 Å². The summed E-state index contributed by atoms with van der Waals surface area (Å²) in [6.45, 7) is 7.37. The molecule has 2 heteroatoms. The van der Waals surface area contributed by atoms with Crippen LogP contribution in [0.1, 0.15) is 52.4 Å². The zero-order valence-corrected chi connectivity index (χ0v) is 11.3. The van der Waals surface area contributed by atoms with Gasteiger partial charge in [0.2, 0.25) is 0 Å². The Hall–Kier alpha value is -0.0800. The average Bonchev–Trinajstić information content (AvgIpc) is 2.81. The van der Waals surface area contributed by atoms with Crippen LogP contribution in [-0.4, -0.2) is 48.1 Å². The van der Waals surface area contributed by atoms with Gasteiger partial charge < -0.3 is 0 Å². The Bertz CT molecular complexity index is 199. The fourth-order valence-corrected chi connectivity index (χ4v) is 3.45. The second-order valence-corrected chi connectivity index (χ2v) is 5.92. The van der Waals surface area contributed by atoms with Crippen molar-refractivity contribution in [1.29, 1.82) is 0 Å². The first-order chi connectivity index (χ1) is 7.70. The maximum absolute atomic E-state index is 2.77. The summed E-state index contributed by atoms with van der Waals surface area (Å²) in [6, 6.07) is 2.35. The lowest BCUT2D eigenvalue weighted by Crippen LogP contribution is -2.53. The van der Waals surface area contributed by atoms with Crippen molar-refractivity contribution in [3.8, 4) is 0 Å². The van der Waals surface area contributed by atoms with Crippen LogP contribution in [0.4, 0.5) is 0 Å². The fourth-order valence-electron chi connectivity index (χ4n) is 3.45. The van der Waals surface area contributed by atoms with Crippen LogP contribution in [0, 0.1) is 0 Å². The number of nitrogens with zero attached hydrogens (tertiary/aromatic N) is 2. The molecular weight excluding hydrogens is 196 g/mol. The molecule has 0 amide bonds. The maximum Gasteiger partial charge on any atom is 0.0251 e. The first-order valence-electron chi connectivity index (χ1n) is 7.16. The van der Waals surface area contributed by atoms with Crippen LogP contribution in [0.3, 0.4) is 0 Å². The predicted molar refractivity (Wildman–Crippen MR) is 69.8 cm³/mol. The molecule has 2 aliphatic rings. The van der Waals surface area contributed by atoms with Crippen molar-refractivity contribution < 1.29 is 0 Å². The van der Waals surface area contributed by atoms with E-state index in [-0.39, 0.29) is 0 Å². The van der Waals surface area contributed by atoms with Crippen molar-refractivity contribution in [2.45, 2.75) is 70.5 Å². The molecule has 1 saturated heterocycles. The molecule has 1 heterocycles. The Morgan fingerprint density at radius 1 is 1.00 bits per heavy atom. The lowest BCUT2D eigenvalue weighted by atomic mass is 9.88. The monoisotopic (exact) mass is 224 g/mol. The molecule has 2 atom stereocenters. The number of hydrogen-bond donors (Lipinski definition) is 0. The van der Waals surface area contributed by atoms with E-state index in [0.29, 0.717) is 6.04 Å². The molecule has 1 aliphatic heterocycles. The van der Waals surface area contributed by atoms with Crippen molar-refractivity contribution >= 4 is 0 Å². The number of hydrogen-bond acceptors (Lipinski definition) is 2. The molecule has 1 aliphatic carbocycles. The molecular formula is C14H28N2. The second kappa shape index (κ2) is 5.50. The number of rotatable bonds is 3.